The van der Waals surface area contributed by atoms with Gasteiger partial charge in [-0.2, -0.15) is 0 Å². The second kappa shape index (κ2) is 7.77. The van der Waals surface area contributed by atoms with Crippen molar-refractivity contribution in [1.29, 1.82) is 0 Å². The molecule has 5 heteroatoms. The Morgan fingerprint density at radius 2 is 2.26 bits per heavy atom. The van der Waals surface area contributed by atoms with Crippen molar-refractivity contribution < 1.29 is 14.3 Å². The molecule has 0 aromatic carbocycles. The van der Waals surface area contributed by atoms with Crippen LogP contribution in [0.15, 0.2) is 12.1 Å². The van der Waals surface area contributed by atoms with Crippen molar-refractivity contribution >= 4 is 11.6 Å². The van der Waals surface area contributed by atoms with E-state index in [-0.39, 0.29) is 5.91 Å². The van der Waals surface area contributed by atoms with Crippen LogP contribution in [-0.2, 0) is 9.53 Å². The minimum atomic E-state index is -0.721. The summed E-state index contributed by atoms with van der Waals surface area (Å²) in [7, 11) is 1.63. The van der Waals surface area contributed by atoms with Gasteiger partial charge in [0.15, 0.2) is 0 Å². The monoisotopic (exact) mass is 320 g/mol. The van der Waals surface area contributed by atoms with Gasteiger partial charge in [0.25, 0.3) is 5.91 Å². The molecule has 0 bridgehead atoms. The summed E-state index contributed by atoms with van der Waals surface area (Å²) in [4.78, 5) is 17.2. The predicted octanol–water partition coefficient (Wildman–Crippen LogP) is 3.71. The molecule has 1 N–H and O–H groups in total. The molecule has 23 heavy (non-hydrogen) atoms. The maximum absolute atomic E-state index is 12.8. The number of anilines is 1. The van der Waals surface area contributed by atoms with Crippen LogP contribution in [0.4, 0.5) is 5.69 Å². The predicted molar refractivity (Wildman–Crippen MR) is 90.8 cm³/mol. The SMILES string of the molecule is CCCOc1ccc(NC(=O)[C@@]2(OC)CCC[C@H](C)C2)c(C)n1. The Labute approximate surface area is 138 Å². The molecule has 1 aliphatic rings. The first kappa shape index (κ1) is 17.7. The largest absolute Gasteiger partial charge is 0.478 e. The van der Waals surface area contributed by atoms with E-state index in [1.54, 1.807) is 13.2 Å². The number of hydrogen-bond acceptors (Lipinski definition) is 4. The Balaban J connectivity index is 2.09. The summed E-state index contributed by atoms with van der Waals surface area (Å²) in [5.74, 6) is 1.02. The molecule has 1 amide bonds. The van der Waals surface area contributed by atoms with Crippen molar-refractivity contribution in [2.75, 3.05) is 19.0 Å². The van der Waals surface area contributed by atoms with Gasteiger partial charge in [0.05, 0.1) is 18.0 Å². The number of pyridine rings is 1. The van der Waals surface area contributed by atoms with Crippen molar-refractivity contribution in [2.45, 2.75) is 58.5 Å². The Hall–Kier alpha value is -1.62. The normalized spacial score (nSPS) is 24.3. The molecular weight excluding hydrogens is 292 g/mol. The van der Waals surface area contributed by atoms with E-state index in [4.69, 9.17) is 9.47 Å². The van der Waals surface area contributed by atoms with Gasteiger partial charge in [-0.15, -0.1) is 0 Å². The molecule has 0 spiro atoms. The van der Waals surface area contributed by atoms with Crippen molar-refractivity contribution in [3.63, 3.8) is 0 Å². The Morgan fingerprint density at radius 3 is 2.87 bits per heavy atom. The first-order valence-corrected chi connectivity index (χ1v) is 8.48. The zero-order chi connectivity index (χ0) is 16.9. The average molecular weight is 320 g/mol. The molecule has 1 saturated carbocycles. The number of aromatic nitrogens is 1. The van der Waals surface area contributed by atoms with Crippen LogP contribution in [0.25, 0.3) is 0 Å². The van der Waals surface area contributed by atoms with E-state index in [0.29, 0.717) is 24.1 Å². The summed E-state index contributed by atoms with van der Waals surface area (Å²) >= 11 is 0. The number of nitrogens with one attached hydrogen (secondary N) is 1. The number of ether oxygens (including phenoxy) is 2. The number of rotatable bonds is 6. The quantitative estimate of drug-likeness (QED) is 0.868. The highest BCUT2D eigenvalue weighted by molar-refractivity contribution is 5.97. The number of nitrogens with zero attached hydrogens (tertiary/aromatic N) is 1. The first-order valence-electron chi connectivity index (χ1n) is 8.48. The topological polar surface area (TPSA) is 60.5 Å². The molecule has 128 valence electrons. The lowest BCUT2D eigenvalue weighted by Crippen LogP contribution is -2.48. The highest BCUT2D eigenvalue weighted by Gasteiger charge is 2.42. The Bertz CT molecular complexity index is 547. The Morgan fingerprint density at radius 1 is 1.48 bits per heavy atom. The molecule has 0 radical (unpaired) electrons. The van der Waals surface area contributed by atoms with Crippen LogP contribution in [0.2, 0.25) is 0 Å². The van der Waals surface area contributed by atoms with Crippen LogP contribution in [0.3, 0.4) is 0 Å². The zero-order valence-corrected chi connectivity index (χ0v) is 14.6. The third kappa shape index (κ3) is 4.22. The van der Waals surface area contributed by atoms with E-state index in [0.717, 1.165) is 37.8 Å². The van der Waals surface area contributed by atoms with E-state index in [9.17, 15) is 4.79 Å². The third-order valence-corrected chi connectivity index (χ3v) is 4.52. The number of carbonyl (C=O) groups excluding carboxylic acids is 1. The van der Waals surface area contributed by atoms with Gasteiger partial charge in [-0.25, -0.2) is 4.98 Å². The van der Waals surface area contributed by atoms with Crippen molar-refractivity contribution in [2.24, 2.45) is 5.92 Å². The maximum atomic E-state index is 12.8. The van der Waals surface area contributed by atoms with Crippen LogP contribution >= 0.6 is 0 Å². The van der Waals surface area contributed by atoms with Gasteiger partial charge in [0.2, 0.25) is 5.88 Å². The summed E-state index contributed by atoms with van der Waals surface area (Å²) in [5, 5.41) is 2.99. The van der Waals surface area contributed by atoms with E-state index >= 15 is 0 Å². The van der Waals surface area contributed by atoms with Crippen LogP contribution in [-0.4, -0.2) is 30.2 Å². The van der Waals surface area contributed by atoms with Gasteiger partial charge in [-0.1, -0.05) is 20.3 Å². The lowest BCUT2D eigenvalue weighted by atomic mass is 9.78. The van der Waals surface area contributed by atoms with Crippen molar-refractivity contribution in [1.82, 2.24) is 4.98 Å². The first-order chi connectivity index (χ1) is 11.0. The molecular formula is C18H28N2O3. The van der Waals surface area contributed by atoms with Gasteiger partial charge in [-0.05, 0) is 44.6 Å². The average Bonchev–Trinajstić information content (AvgIpc) is 2.54. The zero-order valence-electron chi connectivity index (χ0n) is 14.6. The van der Waals surface area contributed by atoms with Gasteiger partial charge >= 0.3 is 0 Å². The molecule has 1 fully saturated rings. The Kier molecular flexibility index (Phi) is 5.99. The molecule has 2 rings (SSSR count). The molecule has 0 saturated heterocycles. The fourth-order valence-electron chi connectivity index (χ4n) is 3.18. The second-order valence-corrected chi connectivity index (χ2v) is 6.48. The lowest BCUT2D eigenvalue weighted by Gasteiger charge is -2.37. The number of hydrogen-bond donors (Lipinski definition) is 1. The van der Waals surface area contributed by atoms with Gasteiger partial charge in [0.1, 0.15) is 5.60 Å². The number of aryl methyl sites for hydroxylation is 1. The summed E-state index contributed by atoms with van der Waals surface area (Å²) in [6, 6.07) is 3.64. The van der Waals surface area contributed by atoms with E-state index in [2.05, 4.69) is 24.1 Å². The van der Waals surface area contributed by atoms with Crippen molar-refractivity contribution in [3.05, 3.63) is 17.8 Å². The summed E-state index contributed by atoms with van der Waals surface area (Å²) < 4.78 is 11.2. The summed E-state index contributed by atoms with van der Waals surface area (Å²) in [6.45, 7) is 6.74. The van der Waals surface area contributed by atoms with Gasteiger partial charge in [0, 0.05) is 13.2 Å². The van der Waals surface area contributed by atoms with Crippen LogP contribution in [0, 0.1) is 12.8 Å². The molecule has 1 aromatic rings. The summed E-state index contributed by atoms with van der Waals surface area (Å²) in [5.41, 5.74) is 0.747. The van der Waals surface area contributed by atoms with Gasteiger partial charge < -0.3 is 14.8 Å². The van der Waals surface area contributed by atoms with E-state index in [1.807, 2.05) is 13.0 Å². The number of methoxy groups -OCH3 is 1. The molecule has 0 aliphatic heterocycles. The fraction of sp³-hybridized carbons (Fsp3) is 0.667. The van der Waals surface area contributed by atoms with Gasteiger partial charge in [-0.3, -0.25) is 4.79 Å². The van der Waals surface area contributed by atoms with Crippen molar-refractivity contribution in [3.8, 4) is 5.88 Å². The minimum absolute atomic E-state index is 0.0707. The number of carbonyl (C=O) groups is 1. The molecule has 1 aliphatic carbocycles. The molecule has 2 atom stereocenters. The highest BCUT2D eigenvalue weighted by Crippen LogP contribution is 2.36. The van der Waals surface area contributed by atoms with E-state index < -0.39 is 5.60 Å². The van der Waals surface area contributed by atoms with E-state index in [1.165, 1.54) is 0 Å². The van der Waals surface area contributed by atoms with Crippen LogP contribution in [0.1, 0.15) is 51.6 Å². The smallest absolute Gasteiger partial charge is 0.256 e. The lowest BCUT2D eigenvalue weighted by molar-refractivity contribution is -0.143. The summed E-state index contributed by atoms with van der Waals surface area (Å²) in [6.07, 6.45) is 4.64. The fourth-order valence-corrected chi connectivity index (χ4v) is 3.18. The highest BCUT2D eigenvalue weighted by atomic mass is 16.5. The minimum Gasteiger partial charge on any atom is -0.478 e. The standard InChI is InChI=1S/C18H28N2O3/c1-5-11-23-16-9-8-15(14(3)19-16)20-17(21)18(22-4)10-6-7-13(2)12-18/h8-9,13H,5-7,10-12H2,1-4H3,(H,20,21)/t13-,18+/m0/s1. The third-order valence-electron chi connectivity index (χ3n) is 4.52. The van der Waals surface area contributed by atoms with Crippen LogP contribution < -0.4 is 10.1 Å². The second-order valence-electron chi connectivity index (χ2n) is 6.48. The molecule has 5 nitrogen and oxygen atoms in total. The maximum Gasteiger partial charge on any atom is 0.256 e. The molecule has 0 unspecified atom stereocenters. The molecule has 1 aromatic heterocycles. The van der Waals surface area contributed by atoms with Crippen LogP contribution in [0.5, 0.6) is 5.88 Å². The molecule has 1 heterocycles. The number of amides is 1.